The first-order chi connectivity index (χ1) is 9.45. The highest BCUT2D eigenvalue weighted by Gasteiger charge is 2.19. The van der Waals surface area contributed by atoms with Crippen molar-refractivity contribution in [3.63, 3.8) is 0 Å². The normalized spacial score (nSPS) is 14.9. The summed E-state index contributed by atoms with van der Waals surface area (Å²) >= 11 is 1.92. The van der Waals surface area contributed by atoms with Crippen LogP contribution < -0.4 is 0 Å². The molecule has 1 nitrogen and oxygen atoms in total. The standard InChI is InChI=1S/C18H21NS/c1-12-11-15-16(20-12)9-10-19-17(15)13-5-7-14(8-6-13)18(2,3)4/h5-8,11H,9-10H2,1-4H3. The topological polar surface area (TPSA) is 12.4 Å². The smallest absolute Gasteiger partial charge is 0.0730 e. The fourth-order valence-electron chi connectivity index (χ4n) is 2.68. The third-order valence-corrected chi connectivity index (χ3v) is 4.93. The predicted molar refractivity (Wildman–Crippen MR) is 88.4 cm³/mol. The van der Waals surface area contributed by atoms with Crippen molar-refractivity contribution < 1.29 is 0 Å². The molecule has 1 aliphatic rings. The summed E-state index contributed by atoms with van der Waals surface area (Å²) in [5.74, 6) is 0. The second-order valence-electron chi connectivity index (χ2n) is 6.50. The van der Waals surface area contributed by atoms with Gasteiger partial charge in [-0.05, 0) is 24.0 Å². The number of rotatable bonds is 1. The molecule has 0 aliphatic carbocycles. The van der Waals surface area contributed by atoms with E-state index < -0.39 is 0 Å². The van der Waals surface area contributed by atoms with Crippen LogP contribution in [0.5, 0.6) is 0 Å². The summed E-state index contributed by atoms with van der Waals surface area (Å²) < 4.78 is 0. The molecule has 3 rings (SSSR count). The van der Waals surface area contributed by atoms with Crippen molar-refractivity contribution in [2.24, 2.45) is 4.99 Å². The average molecular weight is 283 g/mol. The second kappa shape index (κ2) is 4.85. The maximum Gasteiger partial charge on any atom is 0.0730 e. The number of hydrogen-bond donors (Lipinski definition) is 0. The van der Waals surface area contributed by atoms with E-state index >= 15 is 0 Å². The molecule has 20 heavy (non-hydrogen) atoms. The van der Waals surface area contributed by atoms with Crippen LogP contribution in [-0.4, -0.2) is 12.3 Å². The zero-order chi connectivity index (χ0) is 14.3. The van der Waals surface area contributed by atoms with Crippen LogP contribution in [0, 0.1) is 6.92 Å². The van der Waals surface area contributed by atoms with Gasteiger partial charge in [0.1, 0.15) is 0 Å². The number of hydrogen-bond acceptors (Lipinski definition) is 2. The minimum atomic E-state index is 0.205. The van der Waals surface area contributed by atoms with E-state index in [-0.39, 0.29) is 5.41 Å². The van der Waals surface area contributed by atoms with Crippen molar-refractivity contribution in [1.29, 1.82) is 0 Å². The molecule has 0 fully saturated rings. The van der Waals surface area contributed by atoms with Gasteiger partial charge in [-0.1, -0.05) is 45.0 Å². The van der Waals surface area contributed by atoms with Crippen molar-refractivity contribution in [3.05, 3.63) is 56.8 Å². The van der Waals surface area contributed by atoms with Gasteiger partial charge in [0.25, 0.3) is 0 Å². The fraction of sp³-hybridized carbons (Fsp3) is 0.389. The summed E-state index contributed by atoms with van der Waals surface area (Å²) in [6.45, 7) is 9.86. The van der Waals surface area contributed by atoms with Crippen LogP contribution in [0.25, 0.3) is 0 Å². The number of nitrogens with zero attached hydrogens (tertiary/aromatic N) is 1. The van der Waals surface area contributed by atoms with E-state index in [0.717, 1.165) is 13.0 Å². The van der Waals surface area contributed by atoms with Crippen LogP contribution >= 0.6 is 11.3 Å². The summed E-state index contributed by atoms with van der Waals surface area (Å²) in [4.78, 5) is 7.65. The highest BCUT2D eigenvalue weighted by atomic mass is 32.1. The molecule has 1 aromatic carbocycles. The van der Waals surface area contributed by atoms with Gasteiger partial charge >= 0.3 is 0 Å². The Morgan fingerprint density at radius 1 is 1.10 bits per heavy atom. The predicted octanol–water partition coefficient (Wildman–Crippen LogP) is 4.75. The Kier molecular flexibility index (Phi) is 3.29. The Morgan fingerprint density at radius 3 is 2.45 bits per heavy atom. The highest BCUT2D eigenvalue weighted by molar-refractivity contribution is 7.12. The minimum absolute atomic E-state index is 0.205. The Morgan fingerprint density at radius 2 is 1.80 bits per heavy atom. The molecule has 2 heteroatoms. The van der Waals surface area contributed by atoms with Gasteiger partial charge in [-0.3, -0.25) is 4.99 Å². The van der Waals surface area contributed by atoms with Crippen molar-refractivity contribution in [2.45, 2.75) is 39.5 Å². The summed E-state index contributed by atoms with van der Waals surface area (Å²) in [6.07, 6.45) is 1.09. The average Bonchev–Trinajstić information content (AvgIpc) is 2.78. The van der Waals surface area contributed by atoms with Crippen LogP contribution in [0.3, 0.4) is 0 Å². The number of thiophene rings is 1. The maximum absolute atomic E-state index is 4.77. The van der Waals surface area contributed by atoms with Crippen molar-refractivity contribution in [3.8, 4) is 0 Å². The summed E-state index contributed by atoms with van der Waals surface area (Å²) in [5.41, 5.74) is 5.35. The molecule has 2 aromatic rings. The van der Waals surface area contributed by atoms with Crippen LogP contribution in [0.1, 0.15) is 47.2 Å². The van der Waals surface area contributed by atoms with E-state index in [1.165, 1.54) is 32.2 Å². The Balaban J connectivity index is 1.99. The molecule has 0 N–H and O–H groups in total. The van der Waals surface area contributed by atoms with Gasteiger partial charge in [0.15, 0.2) is 0 Å². The third kappa shape index (κ3) is 2.45. The van der Waals surface area contributed by atoms with E-state index in [1.54, 1.807) is 0 Å². The second-order valence-corrected chi connectivity index (χ2v) is 7.84. The number of aliphatic imine (C=N–C) groups is 1. The lowest BCUT2D eigenvalue weighted by molar-refractivity contribution is 0.590. The molecular weight excluding hydrogens is 262 g/mol. The van der Waals surface area contributed by atoms with Gasteiger partial charge in [-0.25, -0.2) is 0 Å². The largest absolute Gasteiger partial charge is 0.284 e. The molecular formula is C18H21NS. The summed E-state index contributed by atoms with van der Waals surface area (Å²) in [5, 5.41) is 0. The van der Waals surface area contributed by atoms with Crippen LogP contribution in [0.4, 0.5) is 0 Å². The molecule has 2 heterocycles. The van der Waals surface area contributed by atoms with E-state index in [0.29, 0.717) is 0 Å². The molecule has 0 radical (unpaired) electrons. The lowest BCUT2D eigenvalue weighted by atomic mass is 9.86. The summed E-state index contributed by atoms with van der Waals surface area (Å²) in [6, 6.07) is 11.2. The summed E-state index contributed by atoms with van der Waals surface area (Å²) in [7, 11) is 0. The lowest BCUT2D eigenvalue weighted by Crippen LogP contribution is -2.14. The zero-order valence-corrected chi connectivity index (χ0v) is 13.5. The van der Waals surface area contributed by atoms with E-state index in [9.17, 15) is 0 Å². The highest BCUT2D eigenvalue weighted by Crippen LogP contribution is 2.29. The Bertz CT molecular complexity index is 654. The molecule has 104 valence electrons. The molecule has 1 aromatic heterocycles. The number of benzene rings is 1. The molecule has 0 saturated carbocycles. The quantitative estimate of drug-likeness (QED) is 0.716. The monoisotopic (exact) mass is 283 g/mol. The van der Waals surface area contributed by atoms with Gasteiger partial charge in [0, 0.05) is 33.8 Å². The number of aryl methyl sites for hydroxylation is 1. The van der Waals surface area contributed by atoms with Gasteiger partial charge in [0.05, 0.1) is 5.71 Å². The molecule has 0 amide bonds. The maximum atomic E-state index is 4.77. The molecule has 1 aliphatic heterocycles. The van der Waals surface area contributed by atoms with E-state index in [1.807, 2.05) is 11.3 Å². The fourth-order valence-corrected chi connectivity index (χ4v) is 3.70. The van der Waals surface area contributed by atoms with Crippen molar-refractivity contribution in [1.82, 2.24) is 0 Å². The zero-order valence-electron chi connectivity index (χ0n) is 12.7. The molecule has 0 bridgehead atoms. The first-order valence-corrected chi connectivity index (χ1v) is 8.02. The minimum Gasteiger partial charge on any atom is -0.284 e. The third-order valence-electron chi connectivity index (χ3n) is 3.82. The van der Waals surface area contributed by atoms with Crippen LogP contribution in [0.15, 0.2) is 35.3 Å². The van der Waals surface area contributed by atoms with Gasteiger partial charge in [-0.15, -0.1) is 11.3 Å². The Hall–Kier alpha value is -1.41. The van der Waals surface area contributed by atoms with E-state index in [2.05, 4.69) is 58.0 Å². The first kappa shape index (κ1) is 13.6. The number of fused-ring (bicyclic) bond motifs is 1. The van der Waals surface area contributed by atoms with Gasteiger partial charge in [-0.2, -0.15) is 0 Å². The molecule has 0 atom stereocenters. The molecule has 0 spiro atoms. The van der Waals surface area contributed by atoms with Gasteiger partial charge < -0.3 is 0 Å². The molecule has 0 saturated heterocycles. The van der Waals surface area contributed by atoms with Crippen molar-refractivity contribution in [2.75, 3.05) is 6.54 Å². The van der Waals surface area contributed by atoms with Crippen LogP contribution in [-0.2, 0) is 11.8 Å². The van der Waals surface area contributed by atoms with E-state index in [4.69, 9.17) is 4.99 Å². The first-order valence-electron chi connectivity index (χ1n) is 7.20. The SMILES string of the molecule is Cc1cc2c(s1)CCN=C2c1ccc(C(C)(C)C)cc1. The van der Waals surface area contributed by atoms with Gasteiger partial charge in [0.2, 0.25) is 0 Å². The molecule has 0 unspecified atom stereocenters. The lowest BCUT2D eigenvalue weighted by Gasteiger charge is -2.20. The Labute approximate surface area is 125 Å². The van der Waals surface area contributed by atoms with Crippen molar-refractivity contribution >= 4 is 17.0 Å². The van der Waals surface area contributed by atoms with Crippen LogP contribution in [0.2, 0.25) is 0 Å².